The maximum Gasteiger partial charge on any atom is 0.318 e. The zero-order valence-electron chi connectivity index (χ0n) is 16.7. The SMILES string of the molecule is O=CCOC(=O)C(c1ccc(OCc2ccc3ccccc3n2)cc1)c1cccnc1. The van der Waals surface area contributed by atoms with Crippen molar-refractivity contribution in [1.82, 2.24) is 9.97 Å². The molecule has 0 radical (unpaired) electrons. The van der Waals surface area contributed by atoms with E-state index >= 15 is 0 Å². The van der Waals surface area contributed by atoms with E-state index in [2.05, 4.69) is 9.97 Å². The van der Waals surface area contributed by atoms with Crippen molar-refractivity contribution >= 4 is 23.2 Å². The van der Waals surface area contributed by atoms with Gasteiger partial charge in [-0.3, -0.25) is 14.6 Å². The topological polar surface area (TPSA) is 78.4 Å². The van der Waals surface area contributed by atoms with Gasteiger partial charge in [0, 0.05) is 17.8 Å². The normalized spacial score (nSPS) is 11.6. The van der Waals surface area contributed by atoms with Crippen LogP contribution in [0.5, 0.6) is 5.75 Å². The van der Waals surface area contributed by atoms with Crippen molar-refractivity contribution in [1.29, 1.82) is 0 Å². The Morgan fingerprint density at radius 3 is 2.55 bits per heavy atom. The Balaban J connectivity index is 1.49. The molecule has 4 rings (SSSR count). The fourth-order valence-electron chi connectivity index (χ4n) is 3.31. The number of para-hydroxylation sites is 1. The molecule has 0 saturated heterocycles. The Labute approximate surface area is 179 Å². The van der Waals surface area contributed by atoms with E-state index in [1.165, 1.54) is 0 Å². The molecule has 0 amide bonds. The van der Waals surface area contributed by atoms with Crippen LogP contribution >= 0.6 is 0 Å². The first kappa shape index (κ1) is 20.2. The van der Waals surface area contributed by atoms with E-state index in [0.717, 1.165) is 22.2 Å². The van der Waals surface area contributed by atoms with E-state index in [1.807, 2.05) is 48.5 Å². The van der Waals surface area contributed by atoms with Gasteiger partial charge in [-0.1, -0.05) is 42.5 Å². The average molecular weight is 412 g/mol. The molecule has 0 bridgehead atoms. The van der Waals surface area contributed by atoms with Gasteiger partial charge in [-0.25, -0.2) is 4.98 Å². The minimum Gasteiger partial charge on any atom is -0.487 e. The lowest BCUT2D eigenvalue weighted by molar-refractivity contribution is -0.146. The highest BCUT2D eigenvalue weighted by Gasteiger charge is 2.24. The Hall–Kier alpha value is -4.06. The summed E-state index contributed by atoms with van der Waals surface area (Å²) in [6, 6.07) is 22.7. The molecule has 0 aliphatic carbocycles. The number of nitrogens with zero attached hydrogens (tertiary/aromatic N) is 2. The van der Waals surface area contributed by atoms with E-state index in [4.69, 9.17) is 9.47 Å². The number of carbonyl (C=O) groups is 2. The zero-order valence-corrected chi connectivity index (χ0v) is 16.7. The highest BCUT2D eigenvalue weighted by atomic mass is 16.5. The van der Waals surface area contributed by atoms with Gasteiger partial charge in [0.25, 0.3) is 0 Å². The first-order chi connectivity index (χ1) is 15.2. The molecule has 1 unspecified atom stereocenters. The number of hydrogen-bond acceptors (Lipinski definition) is 6. The zero-order chi connectivity index (χ0) is 21.5. The number of carbonyl (C=O) groups excluding carboxylic acids is 2. The van der Waals surface area contributed by atoms with Crippen LogP contribution in [0.2, 0.25) is 0 Å². The number of ether oxygens (including phenoxy) is 2. The van der Waals surface area contributed by atoms with Crippen molar-refractivity contribution in [2.24, 2.45) is 0 Å². The minimum atomic E-state index is -0.676. The predicted octanol–water partition coefficient (Wildman–Crippen LogP) is 4.08. The Morgan fingerprint density at radius 2 is 1.77 bits per heavy atom. The van der Waals surface area contributed by atoms with Crippen molar-refractivity contribution < 1.29 is 19.1 Å². The lowest BCUT2D eigenvalue weighted by Gasteiger charge is -2.16. The summed E-state index contributed by atoms with van der Waals surface area (Å²) in [6.07, 6.45) is 3.80. The van der Waals surface area contributed by atoms with Gasteiger partial charge in [0.1, 0.15) is 24.9 Å². The fourth-order valence-corrected chi connectivity index (χ4v) is 3.31. The number of aromatic nitrogens is 2. The van der Waals surface area contributed by atoms with Gasteiger partial charge in [0.2, 0.25) is 0 Å². The number of hydrogen-bond donors (Lipinski definition) is 0. The molecule has 0 saturated carbocycles. The molecule has 31 heavy (non-hydrogen) atoms. The first-order valence-electron chi connectivity index (χ1n) is 9.82. The van der Waals surface area contributed by atoms with Crippen LogP contribution in [0.4, 0.5) is 0 Å². The van der Waals surface area contributed by atoms with Crippen molar-refractivity contribution in [2.45, 2.75) is 12.5 Å². The van der Waals surface area contributed by atoms with E-state index in [0.29, 0.717) is 24.2 Å². The van der Waals surface area contributed by atoms with Crippen LogP contribution in [-0.2, 0) is 20.9 Å². The third-order valence-corrected chi connectivity index (χ3v) is 4.80. The summed E-state index contributed by atoms with van der Waals surface area (Å²) in [5, 5.41) is 1.08. The molecule has 6 nitrogen and oxygen atoms in total. The summed E-state index contributed by atoms with van der Waals surface area (Å²) < 4.78 is 10.9. The molecule has 154 valence electrons. The maximum atomic E-state index is 12.6. The van der Waals surface area contributed by atoms with Gasteiger partial charge < -0.3 is 9.47 Å². The fraction of sp³-hybridized carbons (Fsp3) is 0.120. The van der Waals surface area contributed by atoms with Gasteiger partial charge in [0.15, 0.2) is 6.29 Å². The molecule has 4 aromatic rings. The number of aldehydes is 1. The number of benzene rings is 2. The quantitative estimate of drug-likeness (QED) is 0.321. The second kappa shape index (κ2) is 9.63. The van der Waals surface area contributed by atoms with Crippen LogP contribution in [0.3, 0.4) is 0 Å². The van der Waals surface area contributed by atoms with Crippen molar-refractivity contribution in [3.05, 3.63) is 102 Å². The first-order valence-corrected chi connectivity index (χ1v) is 9.82. The third-order valence-electron chi connectivity index (χ3n) is 4.80. The van der Waals surface area contributed by atoms with Crippen LogP contribution in [0.15, 0.2) is 85.2 Å². The monoisotopic (exact) mass is 412 g/mol. The third kappa shape index (κ3) is 4.93. The van der Waals surface area contributed by atoms with E-state index in [9.17, 15) is 9.59 Å². The molecule has 0 aliphatic rings. The second-order valence-corrected chi connectivity index (χ2v) is 6.87. The highest BCUT2D eigenvalue weighted by molar-refractivity contribution is 5.83. The van der Waals surface area contributed by atoms with Crippen LogP contribution in [0.1, 0.15) is 22.7 Å². The number of esters is 1. The summed E-state index contributed by atoms with van der Waals surface area (Å²) in [6.45, 7) is 0.0487. The Morgan fingerprint density at radius 1 is 0.935 bits per heavy atom. The summed E-state index contributed by atoms with van der Waals surface area (Å²) in [5.74, 6) is -0.524. The predicted molar refractivity (Wildman–Crippen MR) is 116 cm³/mol. The Kier molecular flexibility index (Phi) is 6.28. The van der Waals surface area contributed by atoms with Gasteiger partial charge in [-0.15, -0.1) is 0 Å². The minimum absolute atomic E-state index is 0.282. The van der Waals surface area contributed by atoms with Crippen molar-refractivity contribution in [3.63, 3.8) is 0 Å². The lowest BCUT2D eigenvalue weighted by Crippen LogP contribution is -2.18. The molecule has 0 spiro atoms. The van der Waals surface area contributed by atoms with Crippen LogP contribution in [-0.4, -0.2) is 28.8 Å². The van der Waals surface area contributed by atoms with Crippen LogP contribution in [0, 0.1) is 0 Å². The van der Waals surface area contributed by atoms with E-state index < -0.39 is 11.9 Å². The lowest BCUT2D eigenvalue weighted by atomic mass is 9.92. The summed E-state index contributed by atoms with van der Waals surface area (Å²) in [5.41, 5.74) is 3.16. The van der Waals surface area contributed by atoms with Crippen LogP contribution in [0.25, 0.3) is 10.9 Å². The molecule has 0 N–H and O–H groups in total. The largest absolute Gasteiger partial charge is 0.487 e. The number of pyridine rings is 2. The molecule has 6 heteroatoms. The maximum absolute atomic E-state index is 12.6. The molecule has 2 aromatic carbocycles. The molecule has 0 fully saturated rings. The molecule has 0 aliphatic heterocycles. The van der Waals surface area contributed by atoms with Gasteiger partial charge in [-0.05, 0) is 41.5 Å². The molecular formula is C25H20N2O4. The van der Waals surface area contributed by atoms with Crippen molar-refractivity contribution in [3.8, 4) is 5.75 Å². The van der Waals surface area contributed by atoms with Crippen LogP contribution < -0.4 is 4.74 Å². The molecule has 1 atom stereocenters. The molecule has 2 aromatic heterocycles. The van der Waals surface area contributed by atoms with Gasteiger partial charge >= 0.3 is 5.97 Å². The molecular weight excluding hydrogens is 392 g/mol. The second-order valence-electron chi connectivity index (χ2n) is 6.87. The standard InChI is InChI=1S/C25H20N2O4/c28-14-15-30-25(29)24(20-5-3-13-26-16-20)19-8-11-22(12-9-19)31-17-21-10-7-18-4-1-2-6-23(18)27-21/h1-14,16,24H,15,17H2. The number of fused-ring (bicyclic) bond motifs is 1. The van der Waals surface area contributed by atoms with E-state index in [1.54, 1.807) is 36.7 Å². The average Bonchev–Trinajstić information content (AvgIpc) is 2.83. The van der Waals surface area contributed by atoms with Gasteiger partial charge in [-0.2, -0.15) is 0 Å². The molecule has 2 heterocycles. The summed E-state index contributed by atoms with van der Waals surface area (Å²) >= 11 is 0. The summed E-state index contributed by atoms with van der Waals surface area (Å²) in [7, 11) is 0. The summed E-state index contributed by atoms with van der Waals surface area (Å²) in [4.78, 5) is 31.8. The highest BCUT2D eigenvalue weighted by Crippen LogP contribution is 2.27. The Bertz CT molecular complexity index is 1180. The van der Waals surface area contributed by atoms with Crippen molar-refractivity contribution in [2.75, 3.05) is 6.61 Å². The smallest absolute Gasteiger partial charge is 0.318 e. The van der Waals surface area contributed by atoms with E-state index in [-0.39, 0.29) is 6.61 Å². The van der Waals surface area contributed by atoms with Gasteiger partial charge in [0.05, 0.1) is 11.2 Å². The number of rotatable bonds is 8.